The van der Waals surface area contributed by atoms with Crippen LogP contribution in [-0.4, -0.2) is 146 Å². The van der Waals surface area contributed by atoms with E-state index in [9.17, 15) is 14.4 Å². The van der Waals surface area contributed by atoms with Crippen molar-refractivity contribution >= 4 is 62.2 Å². The van der Waals surface area contributed by atoms with Crippen LogP contribution in [0.25, 0.3) is 78.1 Å². The molecular formula is C75H77N15O4. The average Bonchev–Trinajstić information content (AvgIpc) is 1.65. The molecule has 0 fully saturated rings. The number of hydrogen-bond acceptors (Lipinski definition) is 12. The lowest BCUT2D eigenvalue weighted by Crippen LogP contribution is -2.31. The molecular weight excluding hydrogens is 1170 g/mol. The number of benzene rings is 8. The highest BCUT2D eigenvalue weighted by molar-refractivity contribution is 6.07. The Morgan fingerprint density at radius 3 is 1.59 bits per heavy atom. The second-order valence-electron chi connectivity index (χ2n) is 24.3. The van der Waals surface area contributed by atoms with Crippen molar-refractivity contribution in [2.75, 3.05) is 67.5 Å². The third kappa shape index (κ3) is 15.9. The number of nitrogens with one attached hydrogen (secondary N) is 6. The Kier molecular flexibility index (Phi) is 19.6. The summed E-state index contributed by atoms with van der Waals surface area (Å²) in [6.07, 6.45) is 5.85. The van der Waals surface area contributed by atoms with E-state index in [0.29, 0.717) is 49.5 Å². The van der Waals surface area contributed by atoms with Crippen molar-refractivity contribution in [2.45, 2.75) is 52.5 Å². The van der Waals surface area contributed by atoms with E-state index in [-0.39, 0.29) is 17.7 Å². The minimum Gasteiger partial charge on any atom is -0.494 e. The van der Waals surface area contributed by atoms with E-state index in [1.807, 2.05) is 148 Å². The fourth-order valence-electron chi connectivity index (χ4n) is 11.3. The minimum absolute atomic E-state index is 0.0675. The normalized spacial score (nSPS) is 11.9. The van der Waals surface area contributed by atoms with E-state index in [2.05, 4.69) is 126 Å². The van der Waals surface area contributed by atoms with Gasteiger partial charge in [0.05, 0.1) is 56.8 Å². The summed E-state index contributed by atoms with van der Waals surface area (Å²) < 4.78 is 7.70. The molecule has 476 valence electrons. The maximum atomic E-state index is 12.9. The van der Waals surface area contributed by atoms with E-state index in [1.165, 1.54) is 5.56 Å². The second kappa shape index (κ2) is 29.2. The quantitative estimate of drug-likeness (QED) is 0.0312. The van der Waals surface area contributed by atoms with E-state index in [0.717, 1.165) is 163 Å². The number of aromatic nitrogens is 9. The monoisotopic (exact) mass is 1250 g/mol. The molecule has 0 unspecified atom stereocenters. The summed E-state index contributed by atoms with van der Waals surface area (Å²) in [6, 6.07) is 56.0. The molecule has 19 nitrogen and oxygen atoms in total. The van der Waals surface area contributed by atoms with Crippen molar-refractivity contribution in [3.05, 3.63) is 221 Å². The Bertz CT molecular complexity index is 4660. The van der Waals surface area contributed by atoms with Crippen LogP contribution in [0.1, 0.15) is 78.5 Å². The summed E-state index contributed by atoms with van der Waals surface area (Å²) in [4.78, 5) is 71.1. The molecule has 0 bridgehead atoms. The highest BCUT2D eigenvalue weighted by Gasteiger charge is 2.19. The Labute approximate surface area is 546 Å². The molecule has 94 heavy (non-hydrogen) atoms. The van der Waals surface area contributed by atoms with Gasteiger partial charge in [-0.2, -0.15) is 0 Å². The number of likely N-dealkylation sites (N-methyl/N-ethyl adjacent to an activating group) is 1. The van der Waals surface area contributed by atoms with Crippen LogP contribution in [0.4, 0.5) is 5.69 Å². The Hall–Kier alpha value is -10.9. The van der Waals surface area contributed by atoms with Gasteiger partial charge in [0, 0.05) is 79.7 Å². The van der Waals surface area contributed by atoms with Gasteiger partial charge in [-0.1, -0.05) is 77.5 Å². The number of carbonyl (C=O) groups is 3. The van der Waals surface area contributed by atoms with Crippen LogP contribution in [0.15, 0.2) is 181 Å². The zero-order chi connectivity index (χ0) is 65.1. The third-order valence-electron chi connectivity index (χ3n) is 16.5. The number of rotatable bonds is 24. The van der Waals surface area contributed by atoms with Gasteiger partial charge in [-0.15, -0.1) is 5.10 Å². The number of fused-ring (bicyclic) bond motifs is 4. The highest BCUT2D eigenvalue weighted by atomic mass is 16.5. The Morgan fingerprint density at radius 2 is 1.00 bits per heavy atom. The highest BCUT2D eigenvalue weighted by Crippen LogP contribution is 2.35. The molecule has 8 aromatic carbocycles. The zero-order valence-corrected chi connectivity index (χ0v) is 53.9. The van der Waals surface area contributed by atoms with Gasteiger partial charge in [0.15, 0.2) is 0 Å². The smallest absolute Gasteiger partial charge is 0.251 e. The summed E-state index contributed by atoms with van der Waals surface area (Å²) in [7, 11) is 8.10. The molecule has 3 amide bonds. The van der Waals surface area contributed by atoms with Crippen LogP contribution in [0.3, 0.4) is 0 Å². The molecule has 12 aromatic rings. The van der Waals surface area contributed by atoms with Crippen LogP contribution in [0, 0.1) is 13.8 Å². The number of aromatic amines is 3. The molecule has 1 aliphatic rings. The van der Waals surface area contributed by atoms with Gasteiger partial charge in [0.2, 0.25) is 0 Å². The number of amides is 3. The summed E-state index contributed by atoms with van der Waals surface area (Å²) in [5.74, 6) is 3.12. The predicted molar refractivity (Wildman–Crippen MR) is 373 cm³/mol. The van der Waals surface area contributed by atoms with Crippen LogP contribution >= 0.6 is 0 Å². The molecule has 0 aliphatic carbocycles. The molecule has 6 N–H and O–H groups in total. The van der Waals surface area contributed by atoms with Gasteiger partial charge in [-0.3, -0.25) is 24.1 Å². The van der Waals surface area contributed by atoms with Gasteiger partial charge in [0.25, 0.3) is 17.7 Å². The number of ether oxygens (including phenoxy) is 1. The van der Waals surface area contributed by atoms with E-state index in [4.69, 9.17) is 19.7 Å². The number of carbonyl (C=O) groups excluding carboxylic acids is 3. The van der Waals surface area contributed by atoms with E-state index < -0.39 is 0 Å². The first-order valence-electron chi connectivity index (χ1n) is 31.9. The standard InChI is InChI=1S/C49H51N9O3.C26H26N6O/c1-33-8-10-36(11-9-33)48(59)50-24-4-7-41-32-58(56-55-41)27-5-25-51-49(60)37-14-12-34(13-15-37)44-31-40-17-16-38(29-45(40)52-44)39-20-23-43-46(30-39)54-47(53-43)35-18-21-42(22-19-35)61-28-6-26-57(2)3;1-16-28-21-10-8-19(14-23(21)29-16)20-9-11-22-24(15-20)31-25(30-22)17-4-6-18(7-5-17)26(33)27-12-13-32(2)3/h8-23,29-30,32H,4-7,24-28,31H2,1-3H3,(H,50,59)(H,51,60)(H,53,54);4-11,14-15H,12-13H2,1-3H3,(H,27,33)(H,28,29)(H,30,31). The van der Waals surface area contributed by atoms with Crippen LogP contribution in [0.5, 0.6) is 5.75 Å². The van der Waals surface area contributed by atoms with Gasteiger partial charge in [0.1, 0.15) is 23.2 Å². The maximum Gasteiger partial charge on any atom is 0.251 e. The van der Waals surface area contributed by atoms with Crippen molar-refractivity contribution in [3.8, 4) is 50.8 Å². The van der Waals surface area contributed by atoms with Gasteiger partial charge < -0.3 is 45.4 Å². The van der Waals surface area contributed by atoms with Gasteiger partial charge >= 0.3 is 0 Å². The first-order valence-corrected chi connectivity index (χ1v) is 31.9. The maximum absolute atomic E-state index is 12.9. The number of hydrogen-bond donors (Lipinski definition) is 6. The minimum atomic E-state index is -0.115. The van der Waals surface area contributed by atoms with Crippen molar-refractivity contribution in [1.29, 1.82) is 0 Å². The number of aryl methyl sites for hydroxylation is 4. The molecule has 0 atom stereocenters. The van der Waals surface area contributed by atoms with Crippen molar-refractivity contribution in [2.24, 2.45) is 4.99 Å². The number of H-pyrrole nitrogens is 3. The van der Waals surface area contributed by atoms with Crippen LogP contribution in [-0.2, 0) is 19.4 Å². The first kappa shape index (κ1) is 63.3. The number of nitrogens with zero attached hydrogens (tertiary/aromatic N) is 9. The summed E-state index contributed by atoms with van der Waals surface area (Å²) in [6.45, 7) is 8.79. The first-order chi connectivity index (χ1) is 45.7. The largest absolute Gasteiger partial charge is 0.494 e. The molecule has 0 saturated heterocycles. The lowest BCUT2D eigenvalue weighted by atomic mass is 9.99. The SMILES string of the molecule is Cc1ccc(C(=O)NCCCc2cn(CCCNC(=O)c3ccc(C4=Nc5cc(-c6ccc7nc(-c8ccc(OCCCN(C)C)cc8)[nH]c7c6)ccc5C4)cc3)nn2)cc1.Cc1nc2ccc(-c3ccc4nc(-c5ccc(C(=O)NCCN(C)C)cc5)[nH]c4c3)cc2[nH]1. The lowest BCUT2D eigenvalue weighted by molar-refractivity contribution is 0.0943. The van der Waals surface area contributed by atoms with E-state index in [1.54, 1.807) is 4.68 Å². The molecule has 1 aliphatic heterocycles. The molecule has 0 spiro atoms. The fourth-order valence-corrected chi connectivity index (χ4v) is 11.3. The van der Waals surface area contributed by atoms with Gasteiger partial charge in [-0.25, -0.2) is 15.0 Å². The number of aliphatic imine (C=N–C) groups is 1. The van der Waals surface area contributed by atoms with E-state index >= 15 is 0 Å². The molecule has 0 saturated carbocycles. The average molecular weight is 1250 g/mol. The van der Waals surface area contributed by atoms with Crippen molar-refractivity contribution < 1.29 is 19.1 Å². The molecule has 13 rings (SSSR count). The zero-order valence-electron chi connectivity index (χ0n) is 53.9. The van der Waals surface area contributed by atoms with Gasteiger partial charge in [-0.05, 0) is 204 Å². The third-order valence-corrected chi connectivity index (χ3v) is 16.5. The van der Waals surface area contributed by atoms with Crippen molar-refractivity contribution in [3.63, 3.8) is 0 Å². The van der Waals surface area contributed by atoms with Crippen LogP contribution < -0.4 is 20.7 Å². The molecule has 4 aromatic heterocycles. The lowest BCUT2D eigenvalue weighted by Gasteiger charge is -2.10. The fraction of sp³-hybridized carbons (Fsp3) is 0.240. The molecule has 5 heterocycles. The summed E-state index contributed by atoms with van der Waals surface area (Å²) >= 11 is 0. The molecule has 19 heteroatoms. The molecule has 0 radical (unpaired) electrons. The summed E-state index contributed by atoms with van der Waals surface area (Å²) in [5.41, 5.74) is 20.1. The second-order valence-corrected chi connectivity index (χ2v) is 24.3. The Morgan fingerprint density at radius 1 is 0.511 bits per heavy atom. The topological polar surface area (TPSA) is 232 Å². The summed E-state index contributed by atoms with van der Waals surface area (Å²) in [5, 5.41) is 17.4. The predicted octanol–water partition coefficient (Wildman–Crippen LogP) is 12.4. The Balaban J connectivity index is 0.000000215. The van der Waals surface area contributed by atoms with Crippen LogP contribution in [0.2, 0.25) is 0 Å². The van der Waals surface area contributed by atoms with Crippen molar-refractivity contribution in [1.82, 2.24) is 70.6 Å². The number of imidazole rings is 3.